The van der Waals surface area contributed by atoms with Crippen LogP contribution < -0.4 is 9.64 Å². The van der Waals surface area contributed by atoms with Crippen LogP contribution in [0.2, 0.25) is 0 Å². The number of hydrogen-bond acceptors (Lipinski definition) is 4. The first-order chi connectivity index (χ1) is 11.1. The number of hydrogen-bond donors (Lipinski definition) is 1. The number of para-hydroxylation sites is 1. The van der Waals surface area contributed by atoms with Crippen molar-refractivity contribution in [2.75, 3.05) is 26.1 Å². The lowest BCUT2D eigenvalue weighted by atomic mass is 10.2. The third-order valence-electron chi connectivity index (χ3n) is 3.64. The molecule has 1 aromatic heterocycles. The SMILES string of the molecule is COc1ccc2nc([S@@](=O)Cc3ccccc3N(C)C)[nH]c2c1. The van der Waals surface area contributed by atoms with E-state index in [-0.39, 0.29) is 0 Å². The number of H-pyrrole nitrogens is 1. The molecule has 2 aromatic carbocycles. The minimum atomic E-state index is -1.24. The Hall–Kier alpha value is -2.34. The molecule has 0 unspecified atom stereocenters. The Balaban J connectivity index is 1.89. The van der Waals surface area contributed by atoms with Crippen molar-refractivity contribution in [3.05, 3.63) is 48.0 Å². The van der Waals surface area contributed by atoms with Crippen LogP contribution in [0.25, 0.3) is 11.0 Å². The standard InChI is InChI=1S/C17H19N3O2S/c1-20(2)16-7-5-4-6-12(16)11-23(21)17-18-14-9-8-13(22-3)10-15(14)19-17/h4-10H,11H2,1-3H3,(H,18,19)/t23-/m0/s1. The monoisotopic (exact) mass is 329 g/mol. The third-order valence-corrected chi connectivity index (χ3v) is 4.84. The number of nitrogens with one attached hydrogen (secondary N) is 1. The zero-order chi connectivity index (χ0) is 16.4. The number of aromatic nitrogens is 2. The normalized spacial score (nSPS) is 12.3. The van der Waals surface area contributed by atoms with Gasteiger partial charge in [-0.05, 0) is 23.8 Å². The molecule has 0 aliphatic rings. The molecule has 3 rings (SSSR count). The van der Waals surface area contributed by atoms with Crippen LogP contribution >= 0.6 is 0 Å². The van der Waals surface area contributed by atoms with E-state index in [2.05, 4.69) is 9.97 Å². The van der Waals surface area contributed by atoms with Gasteiger partial charge in [-0.15, -0.1) is 0 Å². The molecule has 0 bridgehead atoms. The van der Waals surface area contributed by atoms with E-state index < -0.39 is 10.8 Å². The molecule has 0 fully saturated rings. The van der Waals surface area contributed by atoms with E-state index in [4.69, 9.17) is 4.74 Å². The minimum Gasteiger partial charge on any atom is -0.497 e. The van der Waals surface area contributed by atoms with Crippen molar-refractivity contribution < 1.29 is 8.95 Å². The van der Waals surface area contributed by atoms with Crippen molar-refractivity contribution >= 4 is 27.5 Å². The van der Waals surface area contributed by atoms with Crippen LogP contribution in [0.3, 0.4) is 0 Å². The van der Waals surface area contributed by atoms with Crippen LogP contribution in [-0.2, 0) is 16.6 Å². The Morgan fingerprint density at radius 2 is 2.00 bits per heavy atom. The molecule has 1 atom stereocenters. The Kier molecular flexibility index (Phi) is 4.34. The highest BCUT2D eigenvalue weighted by Crippen LogP contribution is 2.23. The van der Waals surface area contributed by atoms with Crippen LogP contribution in [-0.4, -0.2) is 35.4 Å². The highest BCUT2D eigenvalue weighted by atomic mass is 32.2. The predicted molar refractivity (Wildman–Crippen MR) is 93.5 cm³/mol. The molecule has 0 saturated heterocycles. The second-order valence-corrected chi connectivity index (χ2v) is 6.80. The molecule has 0 spiro atoms. The summed E-state index contributed by atoms with van der Waals surface area (Å²) in [6.07, 6.45) is 0. The number of rotatable bonds is 5. The number of ether oxygens (including phenoxy) is 1. The number of anilines is 1. The van der Waals surface area contributed by atoms with Crippen molar-refractivity contribution in [2.45, 2.75) is 10.9 Å². The van der Waals surface area contributed by atoms with Gasteiger partial charge in [0.15, 0.2) is 5.16 Å². The summed E-state index contributed by atoms with van der Waals surface area (Å²) in [4.78, 5) is 9.59. The second-order valence-electron chi connectivity index (χ2n) is 5.44. The molecule has 5 nitrogen and oxygen atoms in total. The van der Waals surface area contributed by atoms with Gasteiger partial charge in [0.05, 0.1) is 34.7 Å². The smallest absolute Gasteiger partial charge is 0.197 e. The van der Waals surface area contributed by atoms with Crippen molar-refractivity contribution in [2.24, 2.45) is 0 Å². The second kappa shape index (κ2) is 6.42. The summed E-state index contributed by atoms with van der Waals surface area (Å²) in [5.74, 6) is 1.17. The molecular formula is C17H19N3O2S. The van der Waals surface area contributed by atoms with Gasteiger partial charge in [-0.3, -0.25) is 4.21 Å². The molecule has 23 heavy (non-hydrogen) atoms. The van der Waals surface area contributed by atoms with Crippen molar-refractivity contribution in [1.29, 1.82) is 0 Å². The summed E-state index contributed by atoms with van der Waals surface area (Å²) < 4.78 is 17.9. The van der Waals surface area contributed by atoms with E-state index >= 15 is 0 Å². The number of methoxy groups -OCH3 is 1. The fraction of sp³-hybridized carbons (Fsp3) is 0.235. The molecule has 0 aliphatic carbocycles. The Bertz CT molecular complexity index is 858. The first-order valence-electron chi connectivity index (χ1n) is 7.26. The Morgan fingerprint density at radius 1 is 1.22 bits per heavy atom. The first-order valence-corrected chi connectivity index (χ1v) is 8.57. The number of fused-ring (bicyclic) bond motifs is 1. The lowest BCUT2D eigenvalue weighted by molar-refractivity contribution is 0.415. The Labute approximate surface area is 137 Å². The van der Waals surface area contributed by atoms with Crippen LogP contribution in [0.5, 0.6) is 5.75 Å². The summed E-state index contributed by atoms with van der Waals surface area (Å²) >= 11 is 0. The molecule has 0 saturated carbocycles. The molecule has 0 amide bonds. The molecule has 6 heteroatoms. The zero-order valence-corrected chi connectivity index (χ0v) is 14.2. The van der Waals surface area contributed by atoms with Gasteiger partial charge in [0, 0.05) is 25.8 Å². The summed E-state index contributed by atoms with van der Waals surface area (Å²) in [5, 5.41) is 0.488. The van der Waals surface area contributed by atoms with Crippen LogP contribution in [0.4, 0.5) is 5.69 Å². The van der Waals surface area contributed by atoms with E-state index in [0.717, 1.165) is 28.0 Å². The first kappa shape index (κ1) is 15.6. The van der Waals surface area contributed by atoms with Crippen LogP contribution in [0.1, 0.15) is 5.56 Å². The Morgan fingerprint density at radius 3 is 2.74 bits per heavy atom. The molecule has 1 N–H and O–H groups in total. The predicted octanol–water partition coefficient (Wildman–Crippen LogP) is 2.95. The fourth-order valence-electron chi connectivity index (χ4n) is 2.48. The molecule has 0 aliphatic heterocycles. The van der Waals surface area contributed by atoms with Crippen molar-refractivity contribution in [3.8, 4) is 5.75 Å². The van der Waals surface area contributed by atoms with Gasteiger partial charge in [0.25, 0.3) is 0 Å². The fourth-order valence-corrected chi connectivity index (χ4v) is 3.57. The number of aromatic amines is 1. The molecule has 0 radical (unpaired) electrons. The number of imidazole rings is 1. The quantitative estimate of drug-likeness (QED) is 0.782. The van der Waals surface area contributed by atoms with Crippen LogP contribution in [0, 0.1) is 0 Å². The minimum absolute atomic E-state index is 0.422. The number of benzene rings is 2. The zero-order valence-electron chi connectivity index (χ0n) is 13.4. The summed E-state index contributed by atoms with van der Waals surface area (Å²) in [6.45, 7) is 0. The van der Waals surface area contributed by atoms with Crippen LogP contribution in [0.15, 0.2) is 47.6 Å². The maximum Gasteiger partial charge on any atom is 0.197 e. The van der Waals surface area contributed by atoms with Gasteiger partial charge in [0.1, 0.15) is 5.75 Å². The van der Waals surface area contributed by atoms with E-state index in [1.54, 1.807) is 7.11 Å². The molecule has 3 aromatic rings. The topological polar surface area (TPSA) is 58.2 Å². The third kappa shape index (κ3) is 3.22. The van der Waals surface area contributed by atoms with Gasteiger partial charge in [-0.25, -0.2) is 4.98 Å². The average Bonchev–Trinajstić information content (AvgIpc) is 2.98. The maximum absolute atomic E-state index is 12.7. The summed E-state index contributed by atoms with van der Waals surface area (Å²) in [7, 11) is 4.35. The molecular weight excluding hydrogens is 310 g/mol. The van der Waals surface area contributed by atoms with Gasteiger partial charge < -0.3 is 14.6 Å². The van der Waals surface area contributed by atoms with Gasteiger partial charge in [0.2, 0.25) is 0 Å². The highest BCUT2D eigenvalue weighted by Gasteiger charge is 2.14. The largest absolute Gasteiger partial charge is 0.497 e. The molecule has 1 heterocycles. The van der Waals surface area contributed by atoms with E-state index in [9.17, 15) is 4.21 Å². The van der Waals surface area contributed by atoms with Gasteiger partial charge >= 0.3 is 0 Å². The lowest BCUT2D eigenvalue weighted by Crippen LogP contribution is -2.12. The van der Waals surface area contributed by atoms with Crippen molar-refractivity contribution in [1.82, 2.24) is 9.97 Å². The van der Waals surface area contributed by atoms with E-state index in [1.807, 2.05) is 61.5 Å². The average molecular weight is 329 g/mol. The van der Waals surface area contributed by atoms with E-state index in [1.165, 1.54) is 0 Å². The number of nitrogens with zero attached hydrogens (tertiary/aromatic N) is 2. The van der Waals surface area contributed by atoms with Gasteiger partial charge in [-0.1, -0.05) is 18.2 Å². The summed E-state index contributed by atoms with van der Waals surface area (Å²) in [5.41, 5.74) is 3.72. The lowest BCUT2D eigenvalue weighted by Gasteiger charge is -2.16. The summed E-state index contributed by atoms with van der Waals surface area (Å²) in [6, 6.07) is 13.5. The highest BCUT2D eigenvalue weighted by molar-refractivity contribution is 7.84. The molecule has 120 valence electrons. The van der Waals surface area contributed by atoms with Gasteiger partial charge in [-0.2, -0.15) is 0 Å². The maximum atomic E-state index is 12.7. The van der Waals surface area contributed by atoms with E-state index in [0.29, 0.717) is 10.9 Å². The van der Waals surface area contributed by atoms with Crippen molar-refractivity contribution in [3.63, 3.8) is 0 Å².